The molecule has 1 amide bonds. The molecule has 2 rings (SSSR count). The van der Waals surface area contributed by atoms with Crippen molar-refractivity contribution < 1.29 is 19.4 Å². The van der Waals surface area contributed by atoms with Gasteiger partial charge < -0.3 is 9.84 Å². The average molecular weight is 250 g/mol. The van der Waals surface area contributed by atoms with Gasteiger partial charge in [0.25, 0.3) is 5.91 Å². The summed E-state index contributed by atoms with van der Waals surface area (Å²) in [6.07, 6.45) is 1.82. The molecule has 1 aliphatic rings. The molecule has 1 N–H and O–H groups in total. The number of carboxylic acids is 1. The maximum atomic E-state index is 12.0. The number of aromatic nitrogens is 1. The number of hydrogen-bond donors (Lipinski definition) is 1. The lowest BCUT2D eigenvalue weighted by Gasteiger charge is -2.30. The average Bonchev–Trinajstić information content (AvgIpc) is 2.35. The Morgan fingerprint density at radius 1 is 1.61 bits per heavy atom. The van der Waals surface area contributed by atoms with Crippen LogP contribution >= 0.6 is 0 Å². The monoisotopic (exact) mass is 250 g/mol. The minimum absolute atomic E-state index is 0.0384. The van der Waals surface area contributed by atoms with Gasteiger partial charge in [0.15, 0.2) is 17.7 Å². The maximum absolute atomic E-state index is 12.0. The lowest BCUT2D eigenvalue weighted by molar-refractivity contribution is -0.137. The summed E-state index contributed by atoms with van der Waals surface area (Å²) in [4.78, 5) is 27.9. The van der Waals surface area contributed by atoms with Crippen molar-refractivity contribution in [3.8, 4) is 5.75 Å². The molecule has 0 aromatic carbocycles. The summed E-state index contributed by atoms with van der Waals surface area (Å²) in [5.74, 6) is -0.00261. The first-order valence-corrected chi connectivity index (χ1v) is 5.70. The van der Waals surface area contributed by atoms with E-state index in [9.17, 15) is 9.59 Å². The number of hydrogen-bond acceptors (Lipinski definition) is 4. The summed E-state index contributed by atoms with van der Waals surface area (Å²) in [7, 11) is 1.64. The second kappa shape index (κ2) is 5.03. The summed E-state index contributed by atoms with van der Waals surface area (Å²) in [5.41, 5.74) is 0. The molecule has 0 radical (unpaired) electrons. The van der Waals surface area contributed by atoms with Crippen LogP contribution in [0, 0.1) is 0 Å². The van der Waals surface area contributed by atoms with Crippen molar-refractivity contribution in [3.05, 3.63) is 18.3 Å². The van der Waals surface area contributed by atoms with E-state index in [1.807, 2.05) is 0 Å². The largest absolute Gasteiger partial charge is 0.481 e. The zero-order chi connectivity index (χ0) is 13.1. The van der Waals surface area contributed by atoms with E-state index in [0.29, 0.717) is 24.4 Å². The predicted molar refractivity (Wildman–Crippen MR) is 63.5 cm³/mol. The highest BCUT2D eigenvalue weighted by Crippen LogP contribution is 2.31. The number of pyridine rings is 1. The molecule has 6 heteroatoms. The van der Waals surface area contributed by atoms with Gasteiger partial charge in [-0.05, 0) is 25.0 Å². The smallest absolute Gasteiger partial charge is 0.303 e. The molecule has 0 bridgehead atoms. The standard InChI is InChI=1S/C12H14N2O4/c1-14-11-8(5-3-7-13-11)18-9(12(14)17)4-2-6-10(15)16/h3,5,7,9H,2,4,6H2,1H3,(H,15,16). The van der Waals surface area contributed by atoms with Crippen LogP contribution in [0.15, 0.2) is 18.3 Å². The summed E-state index contributed by atoms with van der Waals surface area (Å²) >= 11 is 0. The van der Waals surface area contributed by atoms with Crippen LogP contribution in [0.4, 0.5) is 5.82 Å². The Balaban J connectivity index is 2.07. The molecule has 0 fully saturated rings. The quantitative estimate of drug-likeness (QED) is 0.864. The second-order valence-electron chi connectivity index (χ2n) is 4.11. The van der Waals surface area contributed by atoms with E-state index in [2.05, 4.69) is 4.98 Å². The number of likely N-dealkylation sites (N-methyl/N-ethyl adjacent to an activating group) is 1. The van der Waals surface area contributed by atoms with Gasteiger partial charge in [-0.2, -0.15) is 0 Å². The molecule has 1 aromatic heterocycles. The van der Waals surface area contributed by atoms with Crippen molar-refractivity contribution in [2.75, 3.05) is 11.9 Å². The van der Waals surface area contributed by atoms with Crippen LogP contribution in [-0.2, 0) is 9.59 Å². The third kappa shape index (κ3) is 2.42. The Hall–Kier alpha value is -2.11. The van der Waals surface area contributed by atoms with Crippen LogP contribution in [0.25, 0.3) is 0 Å². The van der Waals surface area contributed by atoms with Crippen molar-refractivity contribution in [3.63, 3.8) is 0 Å². The van der Waals surface area contributed by atoms with Crippen molar-refractivity contribution in [2.24, 2.45) is 0 Å². The molecule has 1 unspecified atom stereocenters. The summed E-state index contributed by atoms with van der Waals surface area (Å²) in [6, 6.07) is 3.48. The molecule has 0 spiro atoms. The molecular weight excluding hydrogens is 236 g/mol. The summed E-state index contributed by atoms with van der Waals surface area (Å²) < 4.78 is 5.55. The molecule has 6 nitrogen and oxygen atoms in total. The van der Waals surface area contributed by atoms with Gasteiger partial charge in [-0.1, -0.05) is 0 Å². The van der Waals surface area contributed by atoms with Crippen molar-refractivity contribution in [2.45, 2.75) is 25.4 Å². The number of fused-ring (bicyclic) bond motifs is 1. The number of anilines is 1. The zero-order valence-corrected chi connectivity index (χ0v) is 10.00. The molecule has 0 saturated carbocycles. The SMILES string of the molecule is CN1C(=O)C(CCCC(=O)O)Oc2cccnc21. The van der Waals surface area contributed by atoms with Crippen molar-refractivity contribution >= 4 is 17.7 Å². The number of carboxylic acid groups (broad SMARTS) is 1. The second-order valence-corrected chi connectivity index (χ2v) is 4.11. The Bertz CT molecular complexity index is 475. The fraction of sp³-hybridized carbons (Fsp3) is 0.417. The van der Waals surface area contributed by atoms with Crippen LogP contribution < -0.4 is 9.64 Å². The molecule has 1 atom stereocenters. The molecule has 96 valence electrons. The van der Waals surface area contributed by atoms with E-state index < -0.39 is 12.1 Å². The molecule has 2 heterocycles. The van der Waals surface area contributed by atoms with Crippen LogP contribution in [-0.4, -0.2) is 35.1 Å². The van der Waals surface area contributed by atoms with E-state index in [-0.39, 0.29) is 12.3 Å². The van der Waals surface area contributed by atoms with Gasteiger partial charge in [-0.3, -0.25) is 14.5 Å². The van der Waals surface area contributed by atoms with Crippen LogP contribution in [0.2, 0.25) is 0 Å². The maximum Gasteiger partial charge on any atom is 0.303 e. The minimum atomic E-state index is -0.867. The molecule has 0 saturated heterocycles. The lowest BCUT2D eigenvalue weighted by atomic mass is 10.1. The Kier molecular flexibility index (Phi) is 3.45. The third-order valence-corrected chi connectivity index (χ3v) is 2.80. The highest BCUT2D eigenvalue weighted by molar-refractivity contribution is 5.98. The number of nitrogens with zero attached hydrogens (tertiary/aromatic N) is 2. The number of ether oxygens (including phenoxy) is 1. The van der Waals surface area contributed by atoms with Gasteiger partial charge in [-0.25, -0.2) is 4.98 Å². The third-order valence-electron chi connectivity index (χ3n) is 2.80. The number of carbonyl (C=O) groups is 2. The first kappa shape index (κ1) is 12.3. The molecule has 1 aliphatic heterocycles. The summed E-state index contributed by atoms with van der Waals surface area (Å²) in [6.45, 7) is 0. The number of carbonyl (C=O) groups excluding carboxylic acids is 1. The molecular formula is C12H14N2O4. The van der Waals surface area contributed by atoms with Crippen molar-refractivity contribution in [1.82, 2.24) is 4.98 Å². The van der Waals surface area contributed by atoms with Crippen LogP contribution in [0.3, 0.4) is 0 Å². The highest BCUT2D eigenvalue weighted by atomic mass is 16.5. The van der Waals surface area contributed by atoms with E-state index >= 15 is 0 Å². The van der Waals surface area contributed by atoms with E-state index in [1.165, 1.54) is 4.90 Å². The van der Waals surface area contributed by atoms with Crippen molar-refractivity contribution in [1.29, 1.82) is 0 Å². The number of aliphatic carboxylic acids is 1. The Labute approximate surface area is 104 Å². The van der Waals surface area contributed by atoms with E-state index in [4.69, 9.17) is 9.84 Å². The molecule has 18 heavy (non-hydrogen) atoms. The molecule has 1 aromatic rings. The number of rotatable bonds is 4. The summed E-state index contributed by atoms with van der Waals surface area (Å²) in [5, 5.41) is 8.57. The Morgan fingerprint density at radius 3 is 3.11 bits per heavy atom. The van der Waals surface area contributed by atoms with Gasteiger partial charge in [0.1, 0.15) is 0 Å². The highest BCUT2D eigenvalue weighted by Gasteiger charge is 2.32. The normalized spacial score (nSPS) is 18.2. The van der Waals surface area contributed by atoms with Gasteiger partial charge in [-0.15, -0.1) is 0 Å². The minimum Gasteiger partial charge on any atom is -0.481 e. The predicted octanol–water partition coefficient (Wildman–Crippen LogP) is 1.06. The van der Waals surface area contributed by atoms with E-state index in [0.717, 1.165) is 0 Å². The first-order chi connectivity index (χ1) is 8.59. The van der Waals surface area contributed by atoms with Crippen LogP contribution in [0.5, 0.6) is 5.75 Å². The van der Waals surface area contributed by atoms with Crippen LogP contribution in [0.1, 0.15) is 19.3 Å². The molecule has 0 aliphatic carbocycles. The van der Waals surface area contributed by atoms with Gasteiger partial charge >= 0.3 is 5.97 Å². The first-order valence-electron chi connectivity index (χ1n) is 5.70. The van der Waals surface area contributed by atoms with E-state index in [1.54, 1.807) is 25.4 Å². The number of amides is 1. The Morgan fingerprint density at radius 2 is 2.39 bits per heavy atom. The van der Waals surface area contributed by atoms with Gasteiger partial charge in [0, 0.05) is 19.7 Å². The topological polar surface area (TPSA) is 79.7 Å². The van der Waals surface area contributed by atoms with Gasteiger partial charge in [0.05, 0.1) is 0 Å². The fourth-order valence-electron chi connectivity index (χ4n) is 1.87. The lowest BCUT2D eigenvalue weighted by Crippen LogP contribution is -2.44. The zero-order valence-electron chi connectivity index (χ0n) is 10.00. The van der Waals surface area contributed by atoms with Gasteiger partial charge in [0.2, 0.25) is 0 Å². The fourth-order valence-corrected chi connectivity index (χ4v) is 1.87.